The molecule has 1 aromatic heterocycles. The Labute approximate surface area is 230 Å². The van der Waals surface area contributed by atoms with Gasteiger partial charge in [-0.25, -0.2) is 0 Å². The lowest BCUT2D eigenvalue weighted by atomic mass is 10.3. The third-order valence-corrected chi connectivity index (χ3v) is 6.52. The van der Waals surface area contributed by atoms with Crippen LogP contribution in [0.2, 0.25) is 0 Å². The van der Waals surface area contributed by atoms with Crippen LogP contribution in [0.4, 0.5) is 5.69 Å². The van der Waals surface area contributed by atoms with Crippen LogP contribution in [0, 0.1) is 0 Å². The molecule has 5 rings (SSSR count). The first kappa shape index (κ1) is 25.9. The van der Waals surface area contributed by atoms with Gasteiger partial charge in [0.2, 0.25) is 5.91 Å². The molecule has 1 amide bonds. The fourth-order valence-corrected chi connectivity index (χ4v) is 4.47. The molecule has 0 spiro atoms. The van der Waals surface area contributed by atoms with Gasteiger partial charge in [0, 0.05) is 11.4 Å². The molecule has 1 N–H and O–H groups in total. The largest absolute Gasteiger partial charge is 0.497 e. The maximum absolute atomic E-state index is 12.7. The number of nitrogens with zero attached hydrogens (tertiary/aromatic N) is 3. The molecule has 4 aromatic carbocycles. The Kier molecular flexibility index (Phi) is 8.40. The maximum atomic E-state index is 12.7. The number of carbonyl (C=O) groups is 1. The van der Waals surface area contributed by atoms with Gasteiger partial charge in [-0.15, -0.1) is 10.2 Å². The van der Waals surface area contributed by atoms with Gasteiger partial charge in [-0.3, -0.25) is 9.36 Å². The highest BCUT2D eigenvalue weighted by Crippen LogP contribution is 2.26. The zero-order valence-corrected chi connectivity index (χ0v) is 22.0. The number of anilines is 1. The highest BCUT2D eigenvalue weighted by Gasteiger charge is 2.17. The molecule has 0 aliphatic heterocycles. The number of para-hydroxylation sites is 2. The molecule has 0 aliphatic rings. The Morgan fingerprint density at radius 1 is 0.769 bits per heavy atom. The lowest BCUT2D eigenvalue weighted by molar-refractivity contribution is -0.113. The summed E-state index contributed by atoms with van der Waals surface area (Å²) >= 11 is 1.29. The van der Waals surface area contributed by atoms with Crippen LogP contribution < -0.4 is 19.5 Å². The second-order valence-corrected chi connectivity index (χ2v) is 9.25. The first-order chi connectivity index (χ1) is 19.2. The summed E-state index contributed by atoms with van der Waals surface area (Å²) in [4.78, 5) is 12.7. The van der Waals surface area contributed by atoms with Gasteiger partial charge in [-0.05, 0) is 72.8 Å². The predicted molar refractivity (Wildman–Crippen MR) is 151 cm³/mol. The van der Waals surface area contributed by atoms with E-state index in [0.717, 1.165) is 22.9 Å². The molecule has 0 bridgehead atoms. The van der Waals surface area contributed by atoms with Gasteiger partial charge >= 0.3 is 0 Å². The van der Waals surface area contributed by atoms with Crippen LogP contribution in [-0.4, -0.2) is 33.5 Å². The Bertz CT molecular complexity index is 1490. The van der Waals surface area contributed by atoms with E-state index >= 15 is 0 Å². The number of amides is 1. The van der Waals surface area contributed by atoms with Crippen molar-refractivity contribution in [3.8, 4) is 28.7 Å². The van der Waals surface area contributed by atoms with Crippen molar-refractivity contribution in [1.82, 2.24) is 14.8 Å². The average Bonchev–Trinajstić information content (AvgIpc) is 3.40. The van der Waals surface area contributed by atoms with Crippen molar-refractivity contribution in [3.05, 3.63) is 115 Å². The van der Waals surface area contributed by atoms with E-state index in [1.54, 1.807) is 19.2 Å². The predicted octanol–water partition coefficient (Wildman–Crippen LogP) is 6.38. The zero-order chi connectivity index (χ0) is 26.9. The van der Waals surface area contributed by atoms with Crippen molar-refractivity contribution in [2.45, 2.75) is 11.8 Å². The van der Waals surface area contributed by atoms with Crippen molar-refractivity contribution in [2.75, 3.05) is 18.2 Å². The van der Waals surface area contributed by atoms with Gasteiger partial charge in [-0.1, -0.05) is 48.2 Å². The number of carbonyl (C=O) groups excluding carboxylic acids is 1. The summed E-state index contributed by atoms with van der Waals surface area (Å²) in [6.07, 6.45) is 0. The summed E-state index contributed by atoms with van der Waals surface area (Å²) in [5, 5.41) is 12.2. The first-order valence-electron chi connectivity index (χ1n) is 12.2. The molecule has 9 heteroatoms. The van der Waals surface area contributed by atoms with Gasteiger partial charge in [0.1, 0.15) is 29.6 Å². The monoisotopic (exact) mass is 538 g/mol. The molecule has 0 fully saturated rings. The van der Waals surface area contributed by atoms with E-state index in [-0.39, 0.29) is 18.3 Å². The number of aromatic nitrogens is 3. The minimum Gasteiger partial charge on any atom is -0.497 e. The van der Waals surface area contributed by atoms with Crippen molar-refractivity contribution in [2.24, 2.45) is 0 Å². The summed E-state index contributed by atoms with van der Waals surface area (Å²) in [6, 6.07) is 33.8. The van der Waals surface area contributed by atoms with Crippen LogP contribution in [0.1, 0.15) is 5.82 Å². The van der Waals surface area contributed by atoms with E-state index in [4.69, 9.17) is 14.2 Å². The summed E-state index contributed by atoms with van der Waals surface area (Å²) in [5.74, 6) is 3.50. The normalized spacial score (nSPS) is 10.6. The standard InChI is InChI=1S/C30H26N4O4S/c1-36-24-18-14-23(15-19-24)34-28(20-37-25-8-4-2-5-9-25)32-33-30(34)39-21-29(35)31-22-12-16-27(17-13-22)38-26-10-6-3-7-11-26/h2-19H,20-21H2,1H3,(H,31,35). The maximum Gasteiger partial charge on any atom is 0.234 e. The molecule has 0 atom stereocenters. The number of methoxy groups -OCH3 is 1. The molecule has 196 valence electrons. The van der Waals surface area contributed by atoms with E-state index < -0.39 is 0 Å². The number of nitrogens with one attached hydrogen (secondary N) is 1. The Morgan fingerprint density at radius 3 is 2.05 bits per heavy atom. The molecule has 0 unspecified atom stereocenters. The van der Waals surface area contributed by atoms with E-state index in [2.05, 4.69) is 15.5 Å². The topological polar surface area (TPSA) is 87.5 Å². The number of hydrogen-bond acceptors (Lipinski definition) is 7. The molecule has 0 saturated heterocycles. The SMILES string of the molecule is COc1ccc(-n2c(COc3ccccc3)nnc2SCC(=O)Nc2ccc(Oc3ccccc3)cc2)cc1. The van der Waals surface area contributed by atoms with Gasteiger partial charge in [0.25, 0.3) is 0 Å². The van der Waals surface area contributed by atoms with Crippen LogP contribution >= 0.6 is 11.8 Å². The second-order valence-electron chi connectivity index (χ2n) is 8.31. The number of rotatable bonds is 11. The minimum atomic E-state index is -0.164. The minimum absolute atomic E-state index is 0.149. The lowest BCUT2D eigenvalue weighted by Crippen LogP contribution is -2.14. The van der Waals surface area contributed by atoms with Crippen molar-refractivity contribution in [1.29, 1.82) is 0 Å². The number of thioether (sulfide) groups is 1. The number of hydrogen-bond donors (Lipinski definition) is 1. The fraction of sp³-hybridized carbons (Fsp3) is 0.100. The Morgan fingerprint density at radius 2 is 1.38 bits per heavy atom. The van der Waals surface area contributed by atoms with Crippen LogP contribution in [0.25, 0.3) is 5.69 Å². The van der Waals surface area contributed by atoms with Crippen molar-refractivity contribution in [3.63, 3.8) is 0 Å². The molecular weight excluding hydrogens is 512 g/mol. The smallest absolute Gasteiger partial charge is 0.234 e. The Balaban J connectivity index is 1.25. The van der Waals surface area contributed by atoms with Crippen LogP contribution in [0.15, 0.2) is 114 Å². The Hall–Kier alpha value is -4.76. The van der Waals surface area contributed by atoms with Gasteiger partial charge in [0.05, 0.1) is 12.9 Å². The number of benzene rings is 4. The number of ether oxygens (including phenoxy) is 3. The fourth-order valence-electron chi connectivity index (χ4n) is 3.70. The third kappa shape index (κ3) is 6.97. The molecule has 8 nitrogen and oxygen atoms in total. The molecule has 39 heavy (non-hydrogen) atoms. The second kappa shape index (κ2) is 12.7. The molecule has 1 heterocycles. The molecule has 5 aromatic rings. The first-order valence-corrected chi connectivity index (χ1v) is 13.2. The highest BCUT2D eigenvalue weighted by atomic mass is 32.2. The molecule has 0 aliphatic carbocycles. The average molecular weight is 539 g/mol. The van der Waals surface area contributed by atoms with Crippen LogP contribution in [0.5, 0.6) is 23.0 Å². The lowest BCUT2D eigenvalue weighted by Gasteiger charge is -2.12. The van der Waals surface area contributed by atoms with Crippen molar-refractivity contribution < 1.29 is 19.0 Å². The van der Waals surface area contributed by atoms with Crippen molar-refractivity contribution >= 4 is 23.4 Å². The highest BCUT2D eigenvalue weighted by molar-refractivity contribution is 7.99. The third-order valence-electron chi connectivity index (χ3n) is 5.59. The van der Waals surface area contributed by atoms with E-state index in [1.807, 2.05) is 102 Å². The summed E-state index contributed by atoms with van der Waals surface area (Å²) in [7, 11) is 1.62. The summed E-state index contributed by atoms with van der Waals surface area (Å²) in [5.41, 5.74) is 1.51. The van der Waals surface area contributed by atoms with Crippen LogP contribution in [0.3, 0.4) is 0 Å². The van der Waals surface area contributed by atoms with E-state index in [0.29, 0.717) is 22.4 Å². The van der Waals surface area contributed by atoms with Gasteiger partial charge < -0.3 is 19.5 Å². The quantitative estimate of drug-likeness (QED) is 0.195. The van der Waals surface area contributed by atoms with Crippen LogP contribution in [-0.2, 0) is 11.4 Å². The van der Waals surface area contributed by atoms with Gasteiger partial charge in [-0.2, -0.15) is 0 Å². The van der Waals surface area contributed by atoms with Gasteiger partial charge in [0.15, 0.2) is 11.0 Å². The van der Waals surface area contributed by atoms with E-state index in [1.165, 1.54) is 11.8 Å². The molecular formula is C30H26N4O4S. The zero-order valence-electron chi connectivity index (χ0n) is 21.2. The van der Waals surface area contributed by atoms with E-state index in [9.17, 15) is 4.79 Å². The molecule has 0 radical (unpaired) electrons. The molecule has 0 saturated carbocycles. The summed E-state index contributed by atoms with van der Waals surface area (Å²) < 4.78 is 18.9. The summed E-state index contributed by atoms with van der Waals surface area (Å²) in [6.45, 7) is 0.215.